The van der Waals surface area contributed by atoms with Crippen molar-refractivity contribution in [3.8, 4) is 39.3 Å². The van der Waals surface area contributed by atoms with Crippen LogP contribution in [0.4, 0.5) is 17.1 Å². The monoisotopic (exact) mass is 823 g/mol. The highest BCUT2D eigenvalue weighted by Gasteiger charge is 2.54. The molecule has 3 aliphatic carbocycles. The summed E-state index contributed by atoms with van der Waals surface area (Å²) in [5.41, 5.74) is 20.1. The molecule has 0 fully saturated rings. The van der Waals surface area contributed by atoms with Crippen LogP contribution in [0.1, 0.15) is 67.6 Å². The van der Waals surface area contributed by atoms with Crippen LogP contribution in [0.15, 0.2) is 206 Å². The molecule has 3 heteroatoms. The van der Waals surface area contributed by atoms with E-state index in [4.69, 9.17) is 4.98 Å². The minimum atomic E-state index is -0.586. The average Bonchev–Trinajstić information content (AvgIpc) is 3.94. The molecular formula is C61H49N3. The summed E-state index contributed by atoms with van der Waals surface area (Å²) in [5.74, 6) is 1.35. The van der Waals surface area contributed by atoms with Gasteiger partial charge in [-0.25, -0.2) is 4.98 Å². The molecule has 2 unspecified atom stereocenters. The third kappa shape index (κ3) is 5.77. The summed E-state index contributed by atoms with van der Waals surface area (Å²) in [6, 6.07) is 69.7. The smallest absolute Gasteiger partial charge is 0.138 e. The minimum Gasteiger partial charge on any atom is -0.310 e. The number of hydrogen-bond acceptors (Lipinski definition) is 2. The van der Waals surface area contributed by atoms with Crippen LogP contribution >= 0.6 is 0 Å². The zero-order valence-corrected chi connectivity index (χ0v) is 36.8. The summed E-state index contributed by atoms with van der Waals surface area (Å²) in [5, 5.41) is 1.21. The highest BCUT2D eigenvalue weighted by molar-refractivity contribution is 6.06. The molecule has 3 nitrogen and oxygen atoms in total. The largest absolute Gasteiger partial charge is 0.310 e. The second-order valence-electron chi connectivity index (χ2n) is 18.8. The normalized spacial score (nSPS) is 16.9. The van der Waals surface area contributed by atoms with E-state index in [9.17, 15) is 0 Å². The van der Waals surface area contributed by atoms with Gasteiger partial charge in [-0.1, -0.05) is 179 Å². The molecule has 0 amide bonds. The number of para-hydroxylation sites is 2. The number of benzene rings is 7. The van der Waals surface area contributed by atoms with Crippen molar-refractivity contribution in [1.29, 1.82) is 0 Å². The number of hydrogen-bond donors (Lipinski definition) is 0. The molecule has 7 aromatic carbocycles. The first kappa shape index (κ1) is 38.2. The molecule has 0 aliphatic heterocycles. The van der Waals surface area contributed by atoms with Gasteiger partial charge in [-0.2, -0.15) is 0 Å². The van der Waals surface area contributed by atoms with Crippen LogP contribution in [0.3, 0.4) is 0 Å². The predicted molar refractivity (Wildman–Crippen MR) is 267 cm³/mol. The third-order valence-corrected chi connectivity index (χ3v) is 13.9. The van der Waals surface area contributed by atoms with Crippen LogP contribution in [-0.4, -0.2) is 9.55 Å². The second-order valence-corrected chi connectivity index (χ2v) is 18.8. The van der Waals surface area contributed by atoms with E-state index in [1.54, 1.807) is 0 Å². The minimum absolute atomic E-state index is 0.0440. The van der Waals surface area contributed by atoms with E-state index >= 15 is 0 Å². The van der Waals surface area contributed by atoms with Gasteiger partial charge in [0.05, 0.1) is 22.3 Å². The fourth-order valence-corrected chi connectivity index (χ4v) is 11.0. The molecule has 2 atom stereocenters. The maximum atomic E-state index is 5.71. The molecule has 0 bridgehead atoms. The number of aromatic nitrogens is 2. The maximum Gasteiger partial charge on any atom is 0.138 e. The van der Waals surface area contributed by atoms with Crippen molar-refractivity contribution in [2.45, 2.75) is 44.9 Å². The number of anilines is 3. The quantitative estimate of drug-likeness (QED) is 0.167. The van der Waals surface area contributed by atoms with Crippen LogP contribution in [0.2, 0.25) is 0 Å². The SMILES string of the molecule is CC1C=CC=C(c2cc(-c3ccccc3)cc(-n3c4c(c5cc(N(c6ccccc6)c6ccccc6)ccc53)C3(c5ccccc5-c5ccc(C(C)(C)C)cc53)c3ccccc3-4)n2)C1. The van der Waals surface area contributed by atoms with E-state index < -0.39 is 5.41 Å². The van der Waals surface area contributed by atoms with Gasteiger partial charge in [0.1, 0.15) is 5.82 Å². The Morgan fingerprint density at radius 2 is 1.20 bits per heavy atom. The van der Waals surface area contributed by atoms with E-state index in [0.29, 0.717) is 5.92 Å². The van der Waals surface area contributed by atoms with Crippen molar-refractivity contribution in [3.63, 3.8) is 0 Å². The molecular weight excluding hydrogens is 775 g/mol. The van der Waals surface area contributed by atoms with Crippen LogP contribution in [0.5, 0.6) is 0 Å². The average molecular weight is 824 g/mol. The fraction of sp³-hybridized carbons (Fsp3) is 0.131. The number of fused-ring (bicyclic) bond motifs is 12. The third-order valence-electron chi connectivity index (χ3n) is 13.9. The van der Waals surface area contributed by atoms with Crippen molar-refractivity contribution >= 4 is 33.5 Å². The van der Waals surface area contributed by atoms with Gasteiger partial charge < -0.3 is 4.90 Å². The Morgan fingerprint density at radius 1 is 0.578 bits per heavy atom. The van der Waals surface area contributed by atoms with Crippen molar-refractivity contribution in [1.82, 2.24) is 9.55 Å². The summed E-state index contributed by atoms with van der Waals surface area (Å²) in [6.07, 6.45) is 7.70. The van der Waals surface area contributed by atoms with Gasteiger partial charge in [0.25, 0.3) is 0 Å². The first-order chi connectivity index (χ1) is 31.3. The maximum absolute atomic E-state index is 5.71. The van der Waals surface area contributed by atoms with Gasteiger partial charge >= 0.3 is 0 Å². The Balaban J connectivity index is 1.24. The lowest BCUT2D eigenvalue weighted by Gasteiger charge is -2.32. The molecule has 0 saturated heterocycles. The highest BCUT2D eigenvalue weighted by atomic mass is 15.1. The van der Waals surface area contributed by atoms with Crippen molar-refractivity contribution in [2.24, 2.45) is 5.92 Å². The first-order valence-corrected chi connectivity index (χ1v) is 22.7. The fourth-order valence-electron chi connectivity index (χ4n) is 11.0. The molecule has 2 aromatic heterocycles. The van der Waals surface area contributed by atoms with Crippen molar-refractivity contribution in [3.05, 3.63) is 240 Å². The Hall–Kier alpha value is -7.49. The number of pyridine rings is 1. The standard InChI is InChI=1S/C61H49N3/c1-40-19-18-22-42(35-40)55-36-43(41-20-8-5-9-21-41)37-57(62-55)64-56-34-32-47(63(45-23-10-6-11-24-45)46-25-12-7-13-26-46)39-51(56)58-59(64)50-28-15-17-30-53(50)61(58)52-29-16-14-27-48(52)49-33-31-44(38-54(49)61)60(2,3)4/h5-34,36-40H,35H2,1-4H3. The van der Waals surface area contributed by atoms with E-state index in [2.05, 4.69) is 243 Å². The van der Waals surface area contributed by atoms with Crippen LogP contribution < -0.4 is 4.90 Å². The second kappa shape index (κ2) is 14.5. The van der Waals surface area contributed by atoms with Crippen LogP contribution in [0, 0.1) is 5.92 Å². The molecule has 64 heavy (non-hydrogen) atoms. The Kier molecular flexibility index (Phi) is 8.68. The number of nitrogens with zero attached hydrogens (tertiary/aromatic N) is 3. The zero-order valence-electron chi connectivity index (χ0n) is 36.8. The lowest BCUT2D eigenvalue weighted by atomic mass is 9.69. The molecule has 2 heterocycles. The molecule has 0 N–H and O–H groups in total. The summed E-state index contributed by atoms with van der Waals surface area (Å²) in [6.45, 7) is 9.29. The van der Waals surface area contributed by atoms with Gasteiger partial charge in [0, 0.05) is 33.6 Å². The molecule has 308 valence electrons. The Labute approximate surface area is 376 Å². The summed E-state index contributed by atoms with van der Waals surface area (Å²) < 4.78 is 2.50. The Morgan fingerprint density at radius 3 is 1.89 bits per heavy atom. The lowest BCUT2D eigenvalue weighted by molar-refractivity contribution is 0.588. The summed E-state index contributed by atoms with van der Waals surface area (Å²) in [4.78, 5) is 8.10. The zero-order chi connectivity index (χ0) is 43.2. The van der Waals surface area contributed by atoms with Crippen LogP contribution in [-0.2, 0) is 10.8 Å². The molecule has 1 spiro atoms. The summed E-state index contributed by atoms with van der Waals surface area (Å²) in [7, 11) is 0. The predicted octanol–water partition coefficient (Wildman–Crippen LogP) is 15.8. The molecule has 3 aliphatic rings. The topological polar surface area (TPSA) is 21.1 Å². The van der Waals surface area contributed by atoms with Crippen molar-refractivity contribution < 1.29 is 0 Å². The lowest BCUT2D eigenvalue weighted by Crippen LogP contribution is -2.26. The van der Waals surface area contributed by atoms with E-state index in [1.807, 2.05) is 0 Å². The Bertz CT molecular complexity index is 3310. The first-order valence-electron chi connectivity index (χ1n) is 22.7. The number of allylic oxidation sites excluding steroid dienone is 4. The van der Waals surface area contributed by atoms with E-state index in [0.717, 1.165) is 46.1 Å². The van der Waals surface area contributed by atoms with Gasteiger partial charge in [-0.15, -0.1) is 0 Å². The van der Waals surface area contributed by atoms with Gasteiger partial charge in [-0.05, 0) is 122 Å². The molecule has 0 radical (unpaired) electrons. The summed E-state index contributed by atoms with van der Waals surface area (Å²) >= 11 is 0. The molecule has 9 aromatic rings. The van der Waals surface area contributed by atoms with Gasteiger partial charge in [0.15, 0.2) is 0 Å². The molecule has 0 saturated carbocycles. The van der Waals surface area contributed by atoms with Gasteiger partial charge in [0.2, 0.25) is 0 Å². The van der Waals surface area contributed by atoms with Crippen molar-refractivity contribution in [2.75, 3.05) is 4.90 Å². The van der Waals surface area contributed by atoms with Crippen LogP contribution in [0.25, 0.3) is 55.8 Å². The van der Waals surface area contributed by atoms with E-state index in [1.165, 1.54) is 66.7 Å². The van der Waals surface area contributed by atoms with E-state index in [-0.39, 0.29) is 5.41 Å². The van der Waals surface area contributed by atoms with Gasteiger partial charge in [-0.3, -0.25) is 4.57 Å². The molecule has 12 rings (SSSR count). The number of rotatable bonds is 6. The highest BCUT2D eigenvalue weighted by Crippen LogP contribution is 2.65.